The molecule has 0 unspecified atom stereocenters. The molecular weight excluding hydrogens is 400 g/mol. The van der Waals surface area contributed by atoms with Gasteiger partial charge in [-0.25, -0.2) is 0 Å². The second-order valence-corrected chi connectivity index (χ2v) is 7.92. The van der Waals surface area contributed by atoms with Crippen LogP contribution in [0.25, 0.3) is 11.5 Å². The Balaban J connectivity index is 1.75. The fourth-order valence-electron chi connectivity index (χ4n) is 2.34. The quantitative estimate of drug-likeness (QED) is 0.407. The molecule has 0 N–H and O–H groups in total. The van der Waals surface area contributed by atoms with Crippen molar-refractivity contribution in [3.8, 4) is 11.5 Å². The van der Waals surface area contributed by atoms with Crippen LogP contribution in [0.4, 0.5) is 0 Å². The predicted octanol–water partition coefficient (Wildman–Crippen LogP) is 5.48. The minimum atomic E-state index is -0.311. The van der Waals surface area contributed by atoms with Crippen LogP contribution in [0.2, 0.25) is 0 Å². The number of hydrogen-bond acceptors (Lipinski definition) is 5. The highest BCUT2D eigenvalue weighted by atomic mass is 79.9. The number of nitrogens with zero attached hydrogens (tertiary/aromatic N) is 2. The molecule has 0 aliphatic heterocycles. The first-order chi connectivity index (χ1) is 12.0. The number of carbonyl (C=O) groups excluding carboxylic acids is 1. The summed E-state index contributed by atoms with van der Waals surface area (Å²) >= 11 is 4.74. The van der Waals surface area contributed by atoms with Crippen molar-refractivity contribution in [3.63, 3.8) is 0 Å². The van der Waals surface area contributed by atoms with Crippen molar-refractivity contribution < 1.29 is 9.21 Å². The minimum absolute atomic E-state index is 0.0498. The second kappa shape index (κ2) is 7.54. The third kappa shape index (κ3) is 4.02. The van der Waals surface area contributed by atoms with Gasteiger partial charge in [-0.3, -0.25) is 4.79 Å². The lowest BCUT2D eigenvalue weighted by atomic mass is 10.0. The van der Waals surface area contributed by atoms with Gasteiger partial charge in [-0.1, -0.05) is 36.0 Å². The van der Waals surface area contributed by atoms with Gasteiger partial charge in [0.1, 0.15) is 0 Å². The molecule has 4 nitrogen and oxygen atoms in total. The summed E-state index contributed by atoms with van der Waals surface area (Å²) in [6.07, 6.45) is 0. The molecule has 0 saturated carbocycles. The zero-order valence-electron chi connectivity index (χ0n) is 14.1. The van der Waals surface area contributed by atoms with Crippen molar-refractivity contribution in [3.05, 3.63) is 63.6 Å². The van der Waals surface area contributed by atoms with E-state index in [-0.39, 0.29) is 11.0 Å². The number of hydrogen-bond donors (Lipinski definition) is 0. The van der Waals surface area contributed by atoms with E-state index in [2.05, 4.69) is 26.1 Å². The molecule has 0 radical (unpaired) electrons. The predicted molar refractivity (Wildman–Crippen MR) is 103 cm³/mol. The van der Waals surface area contributed by atoms with Gasteiger partial charge in [-0.15, -0.1) is 10.2 Å². The minimum Gasteiger partial charge on any atom is -0.411 e. The SMILES string of the molecule is Cc1ccc(C(=O)[C@@H](C)Sc2nnc(-c3ccccc3Br)o2)cc1C. The Morgan fingerprint density at radius 1 is 1.12 bits per heavy atom. The van der Waals surface area contributed by atoms with Gasteiger partial charge in [0.2, 0.25) is 5.89 Å². The molecule has 25 heavy (non-hydrogen) atoms. The lowest BCUT2D eigenvalue weighted by Crippen LogP contribution is -2.13. The van der Waals surface area contributed by atoms with E-state index < -0.39 is 0 Å². The van der Waals surface area contributed by atoms with Crippen molar-refractivity contribution in [2.45, 2.75) is 31.2 Å². The average Bonchev–Trinajstić information content (AvgIpc) is 3.05. The van der Waals surface area contributed by atoms with Crippen LogP contribution in [0.1, 0.15) is 28.4 Å². The van der Waals surface area contributed by atoms with Crippen molar-refractivity contribution in [1.82, 2.24) is 10.2 Å². The smallest absolute Gasteiger partial charge is 0.277 e. The first-order valence-electron chi connectivity index (χ1n) is 7.82. The summed E-state index contributed by atoms with van der Waals surface area (Å²) in [5, 5.41) is 8.21. The molecule has 6 heteroatoms. The Morgan fingerprint density at radius 3 is 2.60 bits per heavy atom. The molecule has 1 heterocycles. The van der Waals surface area contributed by atoms with Crippen LogP contribution < -0.4 is 0 Å². The van der Waals surface area contributed by atoms with Gasteiger partial charge in [0, 0.05) is 10.0 Å². The molecule has 128 valence electrons. The number of ketones is 1. The van der Waals surface area contributed by atoms with Gasteiger partial charge in [0.25, 0.3) is 5.22 Å². The fourth-order valence-corrected chi connectivity index (χ4v) is 3.55. The maximum absolute atomic E-state index is 12.6. The largest absolute Gasteiger partial charge is 0.411 e. The van der Waals surface area contributed by atoms with E-state index in [1.165, 1.54) is 17.3 Å². The second-order valence-electron chi connectivity index (χ2n) is 5.78. The third-order valence-corrected chi connectivity index (χ3v) is 5.57. The number of benzene rings is 2. The van der Waals surface area contributed by atoms with Crippen LogP contribution in [-0.2, 0) is 0 Å². The Hall–Kier alpha value is -1.92. The molecule has 3 rings (SSSR count). The monoisotopic (exact) mass is 416 g/mol. The van der Waals surface area contributed by atoms with Gasteiger partial charge in [-0.05, 0) is 66.0 Å². The van der Waals surface area contributed by atoms with E-state index in [0.29, 0.717) is 16.7 Å². The first kappa shape index (κ1) is 17.9. The first-order valence-corrected chi connectivity index (χ1v) is 9.49. The van der Waals surface area contributed by atoms with Crippen LogP contribution in [-0.4, -0.2) is 21.2 Å². The topological polar surface area (TPSA) is 56.0 Å². The molecule has 0 saturated heterocycles. The maximum Gasteiger partial charge on any atom is 0.277 e. The molecule has 1 aromatic heterocycles. The fraction of sp³-hybridized carbons (Fsp3) is 0.211. The summed E-state index contributed by atoms with van der Waals surface area (Å²) in [6.45, 7) is 5.89. The molecule has 0 amide bonds. The zero-order valence-corrected chi connectivity index (χ0v) is 16.5. The molecule has 2 aromatic carbocycles. The average molecular weight is 417 g/mol. The number of carbonyl (C=O) groups is 1. The maximum atomic E-state index is 12.6. The number of rotatable bonds is 5. The van der Waals surface area contributed by atoms with Crippen LogP contribution in [0, 0.1) is 13.8 Å². The van der Waals surface area contributed by atoms with E-state index >= 15 is 0 Å². The Bertz CT molecular complexity index is 923. The zero-order chi connectivity index (χ0) is 18.0. The van der Waals surface area contributed by atoms with Crippen LogP contribution in [0.3, 0.4) is 0 Å². The van der Waals surface area contributed by atoms with Gasteiger partial charge in [-0.2, -0.15) is 0 Å². The summed E-state index contributed by atoms with van der Waals surface area (Å²) in [5.74, 6) is 0.481. The number of aromatic nitrogens is 2. The molecular formula is C19H17BrN2O2S. The summed E-state index contributed by atoms with van der Waals surface area (Å²) < 4.78 is 6.59. The number of halogens is 1. The number of Topliss-reactive ketones (excluding diaryl/α,β-unsaturated/α-hetero) is 1. The summed E-state index contributed by atoms with van der Waals surface area (Å²) in [6, 6.07) is 13.4. The van der Waals surface area contributed by atoms with Crippen molar-refractivity contribution in [2.75, 3.05) is 0 Å². The van der Waals surface area contributed by atoms with Gasteiger partial charge >= 0.3 is 0 Å². The molecule has 0 fully saturated rings. The Kier molecular flexibility index (Phi) is 5.39. The normalized spacial score (nSPS) is 12.2. The Morgan fingerprint density at radius 2 is 1.88 bits per heavy atom. The molecule has 0 bridgehead atoms. The van der Waals surface area contributed by atoms with Crippen LogP contribution >= 0.6 is 27.7 Å². The van der Waals surface area contributed by atoms with E-state index in [1.807, 2.05) is 63.2 Å². The van der Waals surface area contributed by atoms with Crippen LogP contribution in [0.5, 0.6) is 0 Å². The van der Waals surface area contributed by atoms with E-state index in [9.17, 15) is 4.79 Å². The lowest BCUT2D eigenvalue weighted by molar-refractivity contribution is 0.0993. The van der Waals surface area contributed by atoms with Crippen molar-refractivity contribution in [1.29, 1.82) is 0 Å². The lowest BCUT2D eigenvalue weighted by Gasteiger charge is -2.09. The Labute approximate surface area is 159 Å². The standard InChI is InChI=1S/C19H17BrN2O2S/c1-11-8-9-14(10-12(11)2)17(23)13(3)25-19-22-21-18(24-19)15-6-4-5-7-16(15)20/h4-10,13H,1-3H3/t13-/m1/s1. The van der Waals surface area contributed by atoms with Crippen LogP contribution in [0.15, 0.2) is 56.6 Å². The van der Waals surface area contributed by atoms with Gasteiger partial charge in [0.15, 0.2) is 5.78 Å². The molecule has 1 atom stereocenters. The van der Waals surface area contributed by atoms with Gasteiger partial charge in [0.05, 0.1) is 10.8 Å². The van der Waals surface area contributed by atoms with E-state index in [1.54, 1.807) is 0 Å². The molecule has 0 aliphatic carbocycles. The highest BCUT2D eigenvalue weighted by Gasteiger charge is 2.21. The molecule has 3 aromatic rings. The number of thioether (sulfide) groups is 1. The highest BCUT2D eigenvalue weighted by molar-refractivity contribution is 9.10. The summed E-state index contributed by atoms with van der Waals surface area (Å²) in [7, 11) is 0. The van der Waals surface area contributed by atoms with Crippen molar-refractivity contribution >= 4 is 33.5 Å². The van der Waals surface area contributed by atoms with Gasteiger partial charge < -0.3 is 4.42 Å². The molecule has 0 aliphatic rings. The van der Waals surface area contributed by atoms with E-state index in [4.69, 9.17) is 4.42 Å². The summed E-state index contributed by atoms with van der Waals surface area (Å²) in [4.78, 5) is 12.6. The van der Waals surface area contributed by atoms with E-state index in [0.717, 1.165) is 15.6 Å². The molecule has 0 spiro atoms. The van der Waals surface area contributed by atoms with Crippen molar-refractivity contribution in [2.24, 2.45) is 0 Å². The third-order valence-electron chi connectivity index (χ3n) is 3.95. The summed E-state index contributed by atoms with van der Waals surface area (Å²) in [5.41, 5.74) is 3.81. The number of aryl methyl sites for hydroxylation is 2. The highest BCUT2D eigenvalue weighted by Crippen LogP contribution is 2.31.